The van der Waals surface area contributed by atoms with Gasteiger partial charge in [-0.15, -0.1) is 0 Å². The first-order chi connectivity index (χ1) is 5.65. The van der Waals surface area contributed by atoms with Crippen molar-refractivity contribution < 1.29 is 0 Å². The van der Waals surface area contributed by atoms with Crippen molar-refractivity contribution in [3.8, 4) is 0 Å². The summed E-state index contributed by atoms with van der Waals surface area (Å²) >= 11 is 0. The number of hydrogen-bond donors (Lipinski definition) is 2. The van der Waals surface area contributed by atoms with E-state index in [4.69, 9.17) is 11.6 Å². The Hall–Kier alpha value is -1.22. The van der Waals surface area contributed by atoms with Crippen LogP contribution in [0.1, 0.15) is 12.5 Å². The van der Waals surface area contributed by atoms with E-state index in [2.05, 4.69) is 6.92 Å². The third-order valence-electron chi connectivity index (χ3n) is 1.88. The molecule has 0 aromatic heterocycles. The van der Waals surface area contributed by atoms with E-state index < -0.39 is 0 Å². The summed E-state index contributed by atoms with van der Waals surface area (Å²) in [4.78, 5) is 0. The van der Waals surface area contributed by atoms with E-state index in [0.717, 1.165) is 17.8 Å². The zero-order valence-electron chi connectivity index (χ0n) is 7.54. The summed E-state index contributed by atoms with van der Waals surface area (Å²) in [5.41, 5.74) is 8.61. The van der Waals surface area contributed by atoms with Crippen molar-refractivity contribution in [2.45, 2.75) is 13.3 Å². The molecule has 0 aliphatic rings. The van der Waals surface area contributed by atoms with Gasteiger partial charge in [0, 0.05) is 7.05 Å². The standard InChI is InChI=1S/C9H15N3/c1-3-7-4-5-9(12(2)11)8(10)6-7/h4-6H,3,10-11H2,1-2H3. The fourth-order valence-corrected chi connectivity index (χ4v) is 1.15. The van der Waals surface area contributed by atoms with E-state index in [1.54, 1.807) is 7.05 Å². The van der Waals surface area contributed by atoms with Crippen molar-refractivity contribution in [3.05, 3.63) is 23.8 Å². The fraction of sp³-hybridized carbons (Fsp3) is 0.333. The number of nitrogen functional groups attached to an aromatic ring is 1. The highest BCUT2D eigenvalue weighted by Crippen LogP contribution is 2.21. The minimum Gasteiger partial charge on any atom is -0.397 e. The Labute approximate surface area is 72.9 Å². The quantitative estimate of drug-likeness (QED) is 0.392. The van der Waals surface area contributed by atoms with Crippen molar-refractivity contribution in [1.29, 1.82) is 0 Å². The number of rotatable bonds is 2. The number of hydrazine groups is 1. The first-order valence-electron chi connectivity index (χ1n) is 4.02. The van der Waals surface area contributed by atoms with Crippen molar-refractivity contribution in [1.82, 2.24) is 0 Å². The molecule has 0 fully saturated rings. The summed E-state index contributed by atoms with van der Waals surface area (Å²) < 4.78 is 0. The SMILES string of the molecule is CCc1ccc(N(C)N)c(N)c1. The number of nitrogens with two attached hydrogens (primary N) is 2. The Morgan fingerprint density at radius 1 is 1.42 bits per heavy atom. The van der Waals surface area contributed by atoms with Gasteiger partial charge in [-0.25, -0.2) is 5.84 Å². The lowest BCUT2D eigenvalue weighted by atomic mass is 10.1. The molecule has 0 aliphatic carbocycles. The normalized spacial score (nSPS) is 9.92. The van der Waals surface area contributed by atoms with E-state index in [-0.39, 0.29) is 0 Å². The van der Waals surface area contributed by atoms with Crippen LogP contribution in [0.15, 0.2) is 18.2 Å². The lowest BCUT2D eigenvalue weighted by molar-refractivity contribution is 1.02. The first-order valence-corrected chi connectivity index (χ1v) is 4.02. The molecule has 0 spiro atoms. The molecule has 66 valence electrons. The summed E-state index contributed by atoms with van der Waals surface area (Å²) in [6, 6.07) is 5.93. The summed E-state index contributed by atoms with van der Waals surface area (Å²) in [7, 11) is 1.78. The minimum atomic E-state index is 0.736. The van der Waals surface area contributed by atoms with Gasteiger partial charge in [0.1, 0.15) is 0 Å². The van der Waals surface area contributed by atoms with Crippen LogP contribution in [0.5, 0.6) is 0 Å². The van der Waals surface area contributed by atoms with Gasteiger partial charge < -0.3 is 10.7 Å². The van der Waals surface area contributed by atoms with Crippen molar-refractivity contribution >= 4 is 11.4 Å². The molecule has 0 unspecified atom stereocenters. The molecule has 0 saturated carbocycles. The zero-order valence-corrected chi connectivity index (χ0v) is 7.54. The summed E-state index contributed by atoms with van der Waals surface area (Å²) in [6.45, 7) is 2.10. The minimum absolute atomic E-state index is 0.736. The molecule has 0 atom stereocenters. The van der Waals surface area contributed by atoms with Crippen LogP contribution in [-0.4, -0.2) is 7.05 Å². The van der Waals surface area contributed by atoms with Crippen LogP contribution >= 0.6 is 0 Å². The molecule has 0 bridgehead atoms. The van der Waals surface area contributed by atoms with Crippen molar-refractivity contribution in [2.75, 3.05) is 17.8 Å². The second kappa shape index (κ2) is 3.45. The van der Waals surface area contributed by atoms with E-state index in [1.807, 2.05) is 18.2 Å². The number of anilines is 2. The van der Waals surface area contributed by atoms with Crippen LogP contribution in [0.25, 0.3) is 0 Å². The average Bonchev–Trinajstić information content (AvgIpc) is 2.03. The van der Waals surface area contributed by atoms with Crippen LogP contribution in [0.2, 0.25) is 0 Å². The van der Waals surface area contributed by atoms with E-state index >= 15 is 0 Å². The highest BCUT2D eigenvalue weighted by Gasteiger charge is 2.01. The largest absolute Gasteiger partial charge is 0.397 e. The molecule has 3 nitrogen and oxygen atoms in total. The molecule has 0 aliphatic heterocycles. The molecule has 0 amide bonds. The van der Waals surface area contributed by atoms with Gasteiger partial charge in [-0.05, 0) is 24.1 Å². The molecule has 12 heavy (non-hydrogen) atoms. The Bertz CT molecular complexity index is 268. The van der Waals surface area contributed by atoms with Crippen LogP contribution < -0.4 is 16.6 Å². The lowest BCUT2D eigenvalue weighted by Crippen LogP contribution is -2.25. The van der Waals surface area contributed by atoms with Crippen molar-refractivity contribution in [2.24, 2.45) is 5.84 Å². The van der Waals surface area contributed by atoms with Gasteiger partial charge in [-0.2, -0.15) is 0 Å². The molecule has 1 aromatic rings. The lowest BCUT2D eigenvalue weighted by Gasteiger charge is -2.15. The molecule has 0 heterocycles. The maximum atomic E-state index is 5.78. The zero-order chi connectivity index (χ0) is 9.14. The maximum absolute atomic E-state index is 5.78. The molecule has 1 aromatic carbocycles. The number of aryl methyl sites for hydroxylation is 1. The number of nitrogens with zero attached hydrogens (tertiary/aromatic N) is 1. The summed E-state index contributed by atoms with van der Waals surface area (Å²) in [6.07, 6.45) is 0.999. The van der Waals surface area contributed by atoms with Crippen LogP contribution in [-0.2, 0) is 6.42 Å². The molecule has 0 radical (unpaired) electrons. The number of benzene rings is 1. The molecule has 0 saturated heterocycles. The highest BCUT2D eigenvalue weighted by atomic mass is 15.4. The monoisotopic (exact) mass is 165 g/mol. The van der Waals surface area contributed by atoms with Crippen LogP contribution in [0, 0.1) is 0 Å². The van der Waals surface area contributed by atoms with Crippen LogP contribution in [0.3, 0.4) is 0 Å². The fourth-order valence-electron chi connectivity index (χ4n) is 1.15. The van der Waals surface area contributed by atoms with Gasteiger partial charge in [-0.3, -0.25) is 0 Å². The molecule has 4 N–H and O–H groups in total. The maximum Gasteiger partial charge on any atom is 0.0743 e. The Morgan fingerprint density at radius 2 is 2.08 bits per heavy atom. The Kier molecular flexibility index (Phi) is 2.55. The van der Waals surface area contributed by atoms with Gasteiger partial charge in [0.15, 0.2) is 0 Å². The van der Waals surface area contributed by atoms with Gasteiger partial charge in [-0.1, -0.05) is 13.0 Å². The van der Waals surface area contributed by atoms with Gasteiger partial charge in [0.05, 0.1) is 11.4 Å². The summed E-state index contributed by atoms with van der Waals surface area (Å²) in [5.74, 6) is 5.56. The third-order valence-corrected chi connectivity index (χ3v) is 1.88. The van der Waals surface area contributed by atoms with E-state index in [0.29, 0.717) is 0 Å². The van der Waals surface area contributed by atoms with Crippen molar-refractivity contribution in [3.63, 3.8) is 0 Å². The van der Waals surface area contributed by atoms with Gasteiger partial charge in [0.25, 0.3) is 0 Å². The van der Waals surface area contributed by atoms with Crippen LogP contribution in [0.4, 0.5) is 11.4 Å². The molecule has 1 rings (SSSR count). The predicted molar refractivity (Wildman–Crippen MR) is 52.8 cm³/mol. The third kappa shape index (κ3) is 1.68. The molecular weight excluding hydrogens is 150 g/mol. The smallest absolute Gasteiger partial charge is 0.0743 e. The van der Waals surface area contributed by atoms with E-state index in [1.165, 1.54) is 10.6 Å². The number of hydrogen-bond acceptors (Lipinski definition) is 3. The Morgan fingerprint density at radius 3 is 2.50 bits per heavy atom. The summed E-state index contributed by atoms with van der Waals surface area (Å²) in [5, 5.41) is 1.52. The topological polar surface area (TPSA) is 55.3 Å². The van der Waals surface area contributed by atoms with Gasteiger partial charge in [0.2, 0.25) is 0 Å². The second-order valence-electron chi connectivity index (χ2n) is 2.86. The Balaban J connectivity index is 3.03. The molecule has 3 heteroatoms. The predicted octanol–water partition coefficient (Wildman–Crippen LogP) is 1.14. The highest BCUT2D eigenvalue weighted by molar-refractivity contribution is 5.67. The second-order valence-corrected chi connectivity index (χ2v) is 2.86. The average molecular weight is 165 g/mol. The van der Waals surface area contributed by atoms with Gasteiger partial charge >= 0.3 is 0 Å². The molecular formula is C9H15N3. The van der Waals surface area contributed by atoms with E-state index in [9.17, 15) is 0 Å². The first kappa shape index (κ1) is 8.87.